The molecule has 22 heavy (non-hydrogen) atoms. The zero-order chi connectivity index (χ0) is 16.5. The van der Waals surface area contributed by atoms with E-state index in [0.717, 1.165) is 25.0 Å². The van der Waals surface area contributed by atoms with Crippen molar-refractivity contribution in [2.45, 2.75) is 57.1 Å². The van der Waals surface area contributed by atoms with Gasteiger partial charge in [-0.15, -0.1) is 11.8 Å². The van der Waals surface area contributed by atoms with Gasteiger partial charge in [0.15, 0.2) is 0 Å². The van der Waals surface area contributed by atoms with Crippen molar-refractivity contribution in [1.82, 2.24) is 4.90 Å². The highest BCUT2D eigenvalue weighted by Gasteiger charge is 2.38. The van der Waals surface area contributed by atoms with E-state index in [4.69, 9.17) is 0 Å². The summed E-state index contributed by atoms with van der Waals surface area (Å²) in [5.74, 6) is -0.662. The molecule has 0 aliphatic carbocycles. The van der Waals surface area contributed by atoms with Crippen molar-refractivity contribution in [3.63, 3.8) is 0 Å². The molecular weight excluding hydrogens is 306 g/mol. The van der Waals surface area contributed by atoms with Gasteiger partial charge in [0.25, 0.3) is 0 Å². The van der Waals surface area contributed by atoms with E-state index < -0.39 is 5.97 Å². The van der Waals surface area contributed by atoms with Crippen LogP contribution in [-0.4, -0.2) is 46.0 Å². The number of hydrogen-bond donors (Lipinski definition) is 0. The molecule has 7 heteroatoms. The van der Waals surface area contributed by atoms with Crippen LogP contribution in [0, 0.1) is 0 Å². The molecule has 124 valence electrons. The van der Waals surface area contributed by atoms with E-state index in [9.17, 15) is 24.3 Å². The minimum atomic E-state index is -1.02. The highest BCUT2D eigenvalue weighted by molar-refractivity contribution is 8.00. The average molecular weight is 328 g/mol. The first-order valence-electron chi connectivity index (χ1n) is 7.57. The first-order chi connectivity index (χ1) is 10.4. The number of amides is 2. The van der Waals surface area contributed by atoms with Crippen LogP contribution in [0.3, 0.4) is 0 Å². The Morgan fingerprint density at radius 3 is 2.50 bits per heavy atom. The van der Waals surface area contributed by atoms with Crippen LogP contribution < -0.4 is 5.11 Å². The maximum absolute atomic E-state index is 12.1. The summed E-state index contributed by atoms with van der Waals surface area (Å²) >= 11 is 1.47. The first kappa shape index (κ1) is 18.7. The lowest BCUT2D eigenvalue weighted by Gasteiger charge is -2.13. The Hall–Kier alpha value is -1.37. The summed E-state index contributed by atoms with van der Waals surface area (Å²) in [7, 11) is 0. The molecule has 0 radical (unpaired) electrons. The van der Waals surface area contributed by atoms with E-state index in [1.54, 1.807) is 0 Å². The molecule has 0 saturated carbocycles. The summed E-state index contributed by atoms with van der Waals surface area (Å²) in [4.78, 5) is 46.2. The Labute approximate surface area is 134 Å². The van der Waals surface area contributed by atoms with Gasteiger partial charge in [0.05, 0.1) is 5.25 Å². The number of hydrogen-bond acceptors (Lipinski definition) is 6. The second kappa shape index (κ2) is 9.61. The van der Waals surface area contributed by atoms with E-state index in [0.29, 0.717) is 6.42 Å². The van der Waals surface area contributed by atoms with Crippen LogP contribution in [0.5, 0.6) is 0 Å². The van der Waals surface area contributed by atoms with Gasteiger partial charge in [-0.2, -0.15) is 0 Å². The standard InChI is InChI=1S/C15H23NO5S/c1-11(17)7-8-16-13(18)10-12(15(16)21)22-9-5-3-2-4-6-14(19)20/h12H,2-10H2,1H3,(H,19,20)/p-1. The largest absolute Gasteiger partial charge is 0.550 e. The Bertz CT molecular complexity index is 438. The Kier molecular flexibility index (Phi) is 8.16. The molecule has 6 nitrogen and oxygen atoms in total. The first-order valence-corrected chi connectivity index (χ1v) is 8.61. The molecule has 1 rings (SSSR count). The number of unbranched alkanes of at least 4 members (excludes halogenated alkanes) is 3. The Morgan fingerprint density at radius 2 is 1.86 bits per heavy atom. The summed E-state index contributed by atoms with van der Waals surface area (Å²) in [6.45, 7) is 1.63. The molecule has 0 aromatic heterocycles. The molecule has 1 fully saturated rings. The predicted molar refractivity (Wildman–Crippen MR) is 81.0 cm³/mol. The highest BCUT2D eigenvalue weighted by atomic mass is 32.2. The van der Waals surface area contributed by atoms with Gasteiger partial charge in [-0.05, 0) is 31.9 Å². The molecular formula is C15H22NO5S-. The number of aliphatic carboxylic acids is 1. The summed E-state index contributed by atoms with van der Waals surface area (Å²) in [5, 5.41) is 9.91. The van der Waals surface area contributed by atoms with Crippen LogP contribution in [-0.2, 0) is 19.2 Å². The predicted octanol–water partition coefficient (Wildman–Crippen LogP) is 0.527. The third-order valence-electron chi connectivity index (χ3n) is 3.48. The SMILES string of the molecule is CC(=O)CCN1C(=O)CC(SCCCCCCC(=O)[O-])C1=O. The maximum atomic E-state index is 12.1. The van der Waals surface area contributed by atoms with E-state index in [2.05, 4.69) is 0 Å². The van der Waals surface area contributed by atoms with Crippen molar-refractivity contribution in [1.29, 1.82) is 0 Å². The average Bonchev–Trinajstić information content (AvgIpc) is 2.70. The Morgan fingerprint density at radius 1 is 1.18 bits per heavy atom. The fraction of sp³-hybridized carbons (Fsp3) is 0.733. The van der Waals surface area contributed by atoms with Gasteiger partial charge in [0.1, 0.15) is 5.78 Å². The quantitative estimate of drug-likeness (QED) is 0.405. The molecule has 1 aliphatic heterocycles. The minimum Gasteiger partial charge on any atom is -0.550 e. The third-order valence-corrected chi connectivity index (χ3v) is 4.78. The number of imide groups is 1. The number of ketones is 1. The second-order valence-electron chi connectivity index (χ2n) is 5.44. The van der Waals surface area contributed by atoms with Crippen LogP contribution in [0.25, 0.3) is 0 Å². The van der Waals surface area contributed by atoms with Crippen LogP contribution in [0.2, 0.25) is 0 Å². The topological polar surface area (TPSA) is 94.6 Å². The van der Waals surface area contributed by atoms with Gasteiger partial charge in [-0.25, -0.2) is 0 Å². The molecule has 0 aromatic rings. The summed E-state index contributed by atoms with van der Waals surface area (Å²) in [5.41, 5.74) is 0. The van der Waals surface area contributed by atoms with E-state index in [1.807, 2.05) is 0 Å². The number of carboxylic acids is 1. The van der Waals surface area contributed by atoms with Gasteiger partial charge in [0.2, 0.25) is 11.8 Å². The Balaban J connectivity index is 2.18. The van der Waals surface area contributed by atoms with Crippen molar-refractivity contribution in [2.24, 2.45) is 0 Å². The number of carbonyl (C=O) groups is 4. The van der Waals surface area contributed by atoms with Crippen LogP contribution >= 0.6 is 11.8 Å². The lowest BCUT2D eigenvalue weighted by molar-refractivity contribution is -0.305. The van der Waals surface area contributed by atoms with Gasteiger partial charge in [0, 0.05) is 25.4 Å². The second-order valence-corrected chi connectivity index (χ2v) is 6.75. The molecule has 1 saturated heterocycles. The number of carbonyl (C=O) groups excluding carboxylic acids is 4. The van der Waals surface area contributed by atoms with E-state index in [1.165, 1.54) is 23.6 Å². The number of carboxylic acid groups (broad SMARTS) is 1. The molecule has 1 aliphatic rings. The number of likely N-dealkylation sites (tertiary alicyclic amines) is 1. The zero-order valence-electron chi connectivity index (χ0n) is 12.8. The lowest BCUT2D eigenvalue weighted by Crippen LogP contribution is -2.33. The number of rotatable bonds is 11. The number of nitrogens with zero attached hydrogens (tertiary/aromatic N) is 1. The van der Waals surface area contributed by atoms with Crippen molar-refractivity contribution < 1.29 is 24.3 Å². The molecule has 1 atom stereocenters. The van der Waals surface area contributed by atoms with Crippen molar-refractivity contribution in [3.05, 3.63) is 0 Å². The van der Waals surface area contributed by atoms with Gasteiger partial charge in [-0.3, -0.25) is 19.3 Å². The summed E-state index contributed by atoms with van der Waals surface area (Å²) in [6.07, 6.45) is 3.77. The molecule has 0 bridgehead atoms. The van der Waals surface area contributed by atoms with Gasteiger partial charge < -0.3 is 9.90 Å². The highest BCUT2D eigenvalue weighted by Crippen LogP contribution is 2.26. The van der Waals surface area contributed by atoms with E-state index >= 15 is 0 Å². The monoisotopic (exact) mass is 328 g/mol. The van der Waals surface area contributed by atoms with Crippen molar-refractivity contribution in [2.75, 3.05) is 12.3 Å². The smallest absolute Gasteiger partial charge is 0.242 e. The van der Waals surface area contributed by atoms with Crippen LogP contribution in [0.15, 0.2) is 0 Å². The molecule has 1 heterocycles. The molecule has 1 unspecified atom stereocenters. The summed E-state index contributed by atoms with van der Waals surface area (Å²) < 4.78 is 0. The third kappa shape index (κ3) is 6.60. The maximum Gasteiger partial charge on any atom is 0.242 e. The van der Waals surface area contributed by atoms with Crippen LogP contribution in [0.1, 0.15) is 51.9 Å². The fourth-order valence-corrected chi connectivity index (χ4v) is 3.42. The minimum absolute atomic E-state index is 0.0340. The van der Waals surface area contributed by atoms with Crippen molar-refractivity contribution >= 4 is 35.3 Å². The lowest BCUT2D eigenvalue weighted by atomic mass is 10.2. The zero-order valence-corrected chi connectivity index (χ0v) is 13.7. The van der Waals surface area contributed by atoms with Crippen LogP contribution in [0.4, 0.5) is 0 Å². The van der Waals surface area contributed by atoms with Gasteiger partial charge in [-0.1, -0.05) is 12.8 Å². The molecule has 0 N–H and O–H groups in total. The molecule has 0 spiro atoms. The van der Waals surface area contributed by atoms with Crippen molar-refractivity contribution in [3.8, 4) is 0 Å². The normalized spacial score (nSPS) is 18.0. The fourth-order valence-electron chi connectivity index (χ4n) is 2.24. The van der Waals surface area contributed by atoms with E-state index in [-0.39, 0.29) is 48.7 Å². The number of Topliss-reactive ketones (excluding diaryl/α,β-unsaturated/α-hetero) is 1. The summed E-state index contributed by atoms with van der Waals surface area (Å²) in [6, 6.07) is 0. The molecule has 0 aromatic carbocycles. The molecule has 2 amide bonds. The number of thioether (sulfide) groups is 1. The van der Waals surface area contributed by atoms with Gasteiger partial charge >= 0.3 is 0 Å².